The lowest BCUT2D eigenvalue weighted by molar-refractivity contribution is 0.0785. The third-order valence-corrected chi connectivity index (χ3v) is 5.22. The molecule has 2 heteroatoms. The first-order valence-corrected chi connectivity index (χ1v) is 7.68. The topological polar surface area (TPSA) is 29.3 Å². The average Bonchev–Trinajstić information content (AvgIpc) is 2.37. The van der Waals surface area contributed by atoms with E-state index in [0.29, 0.717) is 12.0 Å². The average molecular weight is 238 g/mol. The summed E-state index contributed by atoms with van der Waals surface area (Å²) < 4.78 is 0. The lowest BCUT2D eigenvalue weighted by Crippen LogP contribution is -2.48. The van der Waals surface area contributed by atoms with Gasteiger partial charge in [-0.15, -0.1) is 0 Å². The fraction of sp³-hybridized carbons (Fsp3) is 1.00. The molecule has 0 radical (unpaired) electrons. The Hall–Kier alpha value is -0.0800. The van der Waals surface area contributed by atoms with Gasteiger partial charge in [-0.05, 0) is 37.1 Å². The third kappa shape index (κ3) is 3.45. The Bertz CT molecular complexity index is 227. The third-order valence-electron chi connectivity index (χ3n) is 5.22. The van der Waals surface area contributed by atoms with Crippen molar-refractivity contribution < 1.29 is 0 Å². The van der Waals surface area contributed by atoms with Gasteiger partial charge in [0.2, 0.25) is 0 Å². The maximum Gasteiger partial charge on any atom is 0.0193 e. The maximum absolute atomic E-state index is 6.28. The van der Waals surface area contributed by atoms with Gasteiger partial charge in [0.05, 0.1) is 0 Å². The van der Waals surface area contributed by atoms with E-state index in [1.54, 1.807) is 0 Å². The Balaban J connectivity index is 1.79. The largest absolute Gasteiger partial charge is 0.326 e. The van der Waals surface area contributed by atoms with Crippen molar-refractivity contribution in [2.45, 2.75) is 58.4 Å². The second-order valence-electron chi connectivity index (χ2n) is 6.40. The van der Waals surface area contributed by atoms with Crippen LogP contribution in [0.2, 0.25) is 0 Å². The van der Waals surface area contributed by atoms with E-state index in [1.165, 1.54) is 51.6 Å². The summed E-state index contributed by atoms with van der Waals surface area (Å²) in [5.41, 5.74) is 6.28. The molecule has 1 heterocycles. The minimum Gasteiger partial charge on any atom is -0.326 e. The highest BCUT2D eigenvalue weighted by atomic mass is 15.1. The van der Waals surface area contributed by atoms with Crippen LogP contribution >= 0.6 is 0 Å². The fourth-order valence-corrected chi connectivity index (χ4v) is 3.62. The van der Waals surface area contributed by atoms with Crippen LogP contribution in [-0.2, 0) is 0 Å². The molecule has 0 spiro atoms. The van der Waals surface area contributed by atoms with Gasteiger partial charge in [-0.3, -0.25) is 0 Å². The van der Waals surface area contributed by atoms with E-state index in [2.05, 4.69) is 18.7 Å². The summed E-state index contributed by atoms with van der Waals surface area (Å²) in [4.78, 5) is 2.64. The normalized spacial score (nSPS) is 34.1. The molecule has 0 aromatic heterocycles. The number of rotatable bonds is 4. The minimum atomic E-state index is 0.375. The van der Waals surface area contributed by atoms with E-state index < -0.39 is 0 Å². The highest BCUT2D eigenvalue weighted by Gasteiger charge is 2.31. The number of nitrogens with zero attached hydrogens (tertiary/aromatic N) is 1. The molecule has 0 amide bonds. The maximum atomic E-state index is 6.28. The van der Waals surface area contributed by atoms with Gasteiger partial charge < -0.3 is 10.6 Å². The number of fused-ring (bicyclic) bond motifs is 1. The first kappa shape index (κ1) is 13.4. The van der Waals surface area contributed by atoms with Crippen molar-refractivity contribution in [3.05, 3.63) is 0 Å². The van der Waals surface area contributed by atoms with Crippen molar-refractivity contribution >= 4 is 0 Å². The predicted octanol–water partition coefficient (Wildman–Crippen LogP) is 2.87. The number of nitrogens with two attached hydrogens (primary N) is 1. The minimum absolute atomic E-state index is 0.375. The Morgan fingerprint density at radius 1 is 1.18 bits per heavy atom. The first-order chi connectivity index (χ1) is 8.20. The van der Waals surface area contributed by atoms with Crippen LogP contribution in [0.15, 0.2) is 0 Å². The van der Waals surface area contributed by atoms with Gasteiger partial charge in [-0.2, -0.15) is 0 Å². The molecular weight excluding hydrogens is 208 g/mol. The van der Waals surface area contributed by atoms with Crippen molar-refractivity contribution in [1.82, 2.24) is 4.90 Å². The first-order valence-electron chi connectivity index (χ1n) is 7.68. The Morgan fingerprint density at radius 3 is 2.59 bits per heavy atom. The summed E-state index contributed by atoms with van der Waals surface area (Å²) in [6, 6.07) is 0.375. The quantitative estimate of drug-likeness (QED) is 0.816. The van der Waals surface area contributed by atoms with Crippen LogP contribution in [0.4, 0.5) is 0 Å². The predicted molar refractivity (Wildman–Crippen MR) is 73.9 cm³/mol. The van der Waals surface area contributed by atoms with Crippen LogP contribution in [0.3, 0.4) is 0 Å². The molecule has 4 atom stereocenters. The zero-order valence-electron chi connectivity index (χ0n) is 11.7. The van der Waals surface area contributed by atoms with E-state index in [0.717, 1.165) is 18.4 Å². The van der Waals surface area contributed by atoms with Crippen LogP contribution in [0.5, 0.6) is 0 Å². The molecule has 2 N–H and O–H groups in total. The van der Waals surface area contributed by atoms with E-state index in [-0.39, 0.29) is 0 Å². The molecule has 1 saturated carbocycles. The van der Waals surface area contributed by atoms with Gasteiger partial charge in [0.15, 0.2) is 0 Å². The van der Waals surface area contributed by atoms with Gasteiger partial charge in [0.1, 0.15) is 0 Å². The summed E-state index contributed by atoms with van der Waals surface area (Å²) in [7, 11) is 0. The Kier molecular flexibility index (Phi) is 4.87. The van der Waals surface area contributed by atoms with Crippen LogP contribution in [0.25, 0.3) is 0 Å². The van der Waals surface area contributed by atoms with Crippen molar-refractivity contribution in [2.75, 3.05) is 19.6 Å². The molecule has 17 heavy (non-hydrogen) atoms. The summed E-state index contributed by atoms with van der Waals surface area (Å²) in [5, 5.41) is 0. The van der Waals surface area contributed by atoms with Crippen LogP contribution < -0.4 is 5.73 Å². The molecule has 2 aliphatic rings. The molecule has 0 aromatic rings. The zero-order chi connectivity index (χ0) is 12.3. The highest BCUT2D eigenvalue weighted by molar-refractivity contribution is 4.85. The Morgan fingerprint density at radius 2 is 1.88 bits per heavy atom. The van der Waals surface area contributed by atoms with Crippen molar-refractivity contribution in [1.29, 1.82) is 0 Å². The SMILES string of the molecule is CC[C@H](C)[C@@H](N)CN1CC[C@@H]2CCCC[C@@H]2C1. The molecule has 2 rings (SSSR count). The fourth-order valence-electron chi connectivity index (χ4n) is 3.62. The standard InChI is InChI=1S/C15H30N2/c1-3-12(2)15(16)11-17-9-8-13-6-4-5-7-14(13)10-17/h12-15H,3-11,16H2,1-2H3/t12-,13-,14+,15-/m0/s1. The van der Waals surface area contributed by atoms with Crippen LogP contribution in [0, 0.1) is 17.8 Å². The molecule has 100 valence electrons. The van der Waals surface area contributed by atoms with E-state index in [4.69, 9.17) is 5.73 Å². The lowest BCUT2D eigenvalue weighted by Gasteiger charge is -2.42. The van der Waals surface area contributed by atoms with E-state index >= 15 is 0 Å². The molecule has 2 nitrogen and oxygen atoms in total. The number of likely N-dealkylation sites (tertiary alicyclic amines) is 1. The second kappa shape index (κ2) is 6.19. The van der Waals surface area contributed by atoms with E-state index in [1.807, 2.05) is 0 Å². The molecule has 0 bridgehead atoms. The Labute approximate surface area is 107 Å². The number of piperidine rings is 1. The smallest absolute Gasteiger partial charge is 0.0193 e. The number of hydrogen-bond acceptors (Lipinski definition) is 2. The monoisotopic (exact) mass is 238 g/mol. The summed E-state index contributed by atoms with van der Waals surface area (Å²) in [6.07, 6.45) is 8.55. The molecule has 1 aliphatic heterocycles. The second-order valence-corrected chi connectivity index (χ2v) is 6.40. The summed E-state index contributed by atoms with van der Waals surface area (Å²) in [6.45, 7) is 8.29. The summed E-state index contributed by atoms with van der Waals surface area (Å²) in [5.74, 6) is 2.69. The van der Waals surface area contributed by atoms with Crippen LogP contribution in [0.1, 0.15) is 52.4 Å². The van der Waals surface area contributed by atoms with Gasteiger partial charge in [-0.25, -0.2) is 0 Å². The highest BCUT2D eigenvalue weighted by Crippen LogP contribution is 2.36. The summed E-state index contributed by atoms with van der Waals surface area (Å²) >= 11 is 0. The zero-order valence-corrected chi connectivity index (χ0v) is 11.7. The molecular formula is C15H30N2. The van der Waals surface area contributed by atoms with Gasteiger partial charge in [0, 0.05) is 19.1 Å². The molecule has 1 aliphatic carbocycles. The molecule has 0 unspecified atom stereocenters. The van der Waals surface area contributed by atoms with E-state index in [9.17, 15) is 0 Å². The van der Waals surface area contributed by atoms with Crippen molar-refractivity contribution in [3.63, 3.8) is 0 Å². The van der Waals surface area contributed by atoms with Crippen molar-refractivity contribution in [2.24, 2.45) is 23.5 Å². The van der Waals surface area contributed by atoms with Gasteiger partial charge >= 0.3 is 0 Å². The van der Waals surface area contributed by atoms with Crippen molar-refractivity contribution in [3.8, 4) is 0 Å². The van der Waals surface area contributed by atoms with Crippen LogP contribution in [-0.4, -0.2) is 30.6 Å². The number of hydrogen-bond donors (Lipinski definition) is 1. The lowest BCUT2D eigenvalue weighted by atomic mass is 9.75. The van der Waals surface area contributed by atoms with Gasteiger partial charge in [0.25, 0.3) is 0 Å². The molecule has 0 aromatic carbocycles. The molecule has 2 fully saturated rings. The van der Waals surface area contributed by atoms with Gasteiger partial charge in [-0.1, -0.05) is 39.5 Å². The molecule has 1 saturated heterocycles.